The lowest BCUT2D eigenvalue weighted by atomic mass is 9.81. The van der Waals surface area contributed by atoms with E-state index in [1.54, 1.807) is 0 Å². The highest BCUT2D eigenvalue weighted by molar-refractivity contribution is 5.94. The fourth-order valence-corrected chi connectivity index (χ4v) is 4.36. The zero-order valence-corrected chi connectivity index (χ0v) is 15.0. The summed E-state index contributed by atoms with van der Waals surface area (Å²) in [5.41, 5.74) is 0.722. The van der Waals surface area contributed by atoms with Gasteiger partial charge in [-0.15, -0.1) is 0 Å². The minimum Gasteiger partial charge on any atom is -0.494 e. The van der Waals surface area contributed by atoms with Gasteiger partial charge in [0.2, 0.25) is 0 Å². The molecule has 2 bridgehead atoms. The van der Waals surface area contributed by atoms with Crippen molar-refractivity contribution in [2.45, 2.75) is 70.5 Å². The van der Waals surface area contributed by atoms with Gasteiger partial charge in [0.25, 0.3) is 5.91 Å². The minimum absolute atomic E-state index is 0.0464. The number of rotatable bonds is 6. The molecule has 0 saturated carbocycles. The van der Waals surface area contributed by atoms with Gasteiger partial charge in [-0.3, -0.25) is 9.69 Å². The summed E-state index contributed by atoms with van der Waals surface area (Å²) in [6, 6.07) is 9.08. The minimum atomic E-state index is 0.0464. The second kappa shape index (κ2) is 8.02. The Morgan fingerprint density at radius 3 is 2.42 bits per heavy atom. The molecule has 1 aromatic rings. The first-order valence-corrected chi connectivity index (χ1v) is 9.50. The number of carbonyl (C=O) groups is 1. The van der Waals surface area contributed by atoms with Crippen LogP contribution in [-0.2, 0) is 0 Å². The first-order valence-electron chi connectivity index (χ1n) is 9.50. The second-order valence-electron chi connectivity index (χ2n) is 7.08. The monoisotopic (exact) mass is 330 g/mol. The zero-order chi connectivity index (χ0) is 16.9. The van der Waals surface area contributed by atoms with E-state index in [0.29, 0.717) is 24.7 Å². The number of benzene rings is 1. The maximum atomic E-state index is 12.5. The summed E-state index contributed by atoms with van der Waals surface area (Å²) in [5.74, 6) is 0.863. The molecule has 0 aliphatic carbocycles. The van der Waals surface area contributed by atoms with E-state index in [4.69, 9.17) is 4.74 Å². The topological polar surface area (TPSA) is 41.6 Å². The Kier molecular flexibility index (Phi) is 5.77. The Morgan fingerprint density at radius 2 is 1.83 bits per heavy atom. The van der Waals surface area contributed by atoms with Gasteiger partial charge in [-0.05, 0) is 69.8 Å². The van der Waals surface area contributed by atoms with Gasteiger partial charge in [0.15, 0.2) is 0 Å². The maximum Gasteiger partial charge on any atom is 0.251 e. The average molecular weight is 330 g/mol. The Hall–Kier alpha value is -1.55. The van der Waals surface area contributed by atoms with E-state index < -0.39 is 0 Å². The fourth-order valence-electron chi connectivity index (χ4n) is 4.36. The lowest BCUT2D eigenvalue weighted by Gasteiger charge is -2.49. The third-order valence-electron chi connectivity index (χ3n) is 5.37. The van der Waals surface area contributed by atoms with Crippen LogP contribution in [0.25, 0.3) is 0 Å². The predicted molar refractivity (Wildman–Crippen MR) is 96.5 cm³/mol. The summed E-state index contributed by atoms with van der Waals surface area (Å²) < 4.78 is 5.44. The highest BCUT2D eigenvalue weighted by atomic mass is 16.5. The largest absolute Gasteiger partial charge is 0.494 e. The molecule has 2 atom stereocenters. The van der Waals surface area contributed by atoms with Gasteiger partial charge in [0, 0.05) is 23.7 Å². The van der Waals surface area contributed by atoms with Crippen molar-refractivity contribution in [1.29, 1.82) is 0 Å². The summed E-state index contributed by atoms with van der Waals surface area (Å²) >= 11 is 0. The van der Waals surface area contributed by atoms with Crippen LogP contribution in [0.1, 0.15) is 62.7 Å². The van der Waals surface area contributed by atoms with Crippen LogP contribution < -0.4 is 10.1 Å². The molecular formula is C20H30N2O2. The van der Waals surface area contributed by atoms with Crippen LogP contribution in [0.5, 0.6) is 5.75 Å². The molecule has 1 aromatic carbocycles. The summed E-state index contributed by atoms with van der Waals surface area (Å²) in [6.07, 6.45) is 7.32. The molecular weight excluding hydrogens is 300 g/mol. The number of nitrogens with one attached hydrogen (secondary N) is 1. The number of ether oxygens (including phenoxy) is 1. The Labute approximate surface area is 145 Å². The SMILES string of the molecule is CCCN1C2CCCC1CC(NC(=O)c1ccc(OCC)cc1)C2. The van der Waals surface area contributed by atoms with Crippen molar-refractivity contribution in [2.75, 3.05) is 13.2 Å². The van der Waals surface area contributed by atoms with Gasteiger partial charge in [-0.2, -0.15) is 0 Å². The van der Waals surface area contributed by atoms with E-state index in [9.17, 15) is 4.79 Å². The summed E-state index contributed by atoms with van der Waals surface area (Å²) in [5, 5.41) is 3.27. The molecule has 2 unspecified atom stereocenters. The third-order valence-corrected chi connectivity index (χ3v) is 5.37. The standard InChI is InChI=1S/C20H30N2O2/c1-3-12-22-17-6-5-7-18(22)14-16(13-17)21-20(23)15-8-10-19(11-9-15)24-4-2/h8-11,16-18H,3-7,12-14H2,1-2H3,(H,21,23). The fraction of sp³-hybridized carbons (Fsp3) is 0.650. The highest BCUT2D eigenvalue weighted by Gasteiger charge is 2.38. The smallest absolute Gasteiger partial charge is 0.251 e. The molecule has 0 radical (unpaired) electrons. The van der Waals surface area contributed by atoms with Crippen LogP contribution in [0, 0.1) is 0 Å². The van der Waals surface area contributed by atoms with Gasteiger partial charge in [0.1, 0.15) is 5.75 Å². The lowest BCUT2D eigenvalue weighted by Crippen LogP contribution is -2.57. The highest BCUT2D eigenvalue weighted by Crippen LogP contribution is 2.34. The molecule has 132 valence electrons. The third kappa shape index (κ3) is 3.92. The van der Waals surface area contributed by atoms with Gasteiger partial charge >= 0.3 is 0 Å². The van der Waals surface area contributed by atoms with Gasteiger partial charge in [0.05, 0.1) is 6.61 Å². The molecule has 0 spiro atoms. The maximum absolute atomic E-state index is 12.5. The van der Waals surface area contributed by atoms with Crippen molar-refractivity contribution in [2.24, 2.45) is 0 Å². The Bertz CT molecular complexity index is 529. The molecule has 2 heterocycles. The van der Waals surface area contributed by atoms with E-state index in [1.165, 1.54) is 32.2 Å². The molecule has 4 nitrogen and oxygen atoms in total. The molecule has 2 saturated heterocycles. The molecule has 2 aliphatic heterocycles. The molecule has 0 aromatic heterocycles. The van der Waals surface area contributed by atoms with E-state index in [1.807, 2.05) is 31.2 Å². The van der Waals surface area contributed by atoms with Crippen molar-refractivity contribution in [1.82, 2.24) is 10.2 Å². The van der Waals surface area contributed by atoms with Crippen molar-refractivity contribution in [3.63, 3.8) is 0 Å². The van der Waals surface area contributed by atoms with Gasteiger partial charge in [-0.25, -0.2) is 0 Å². The van der Waals surface area contributed by atoms with Crippen molar-refractivity contribution in [3.05, 3.63) is 29.8 Å². The van der Waals surface area contributed by atoms with E-state index in [2.05, 4.69) is 17.1 Å². The number of amides is 1. The molecule has 3 rings (SSSR count). The normalized spacial score (nSPS) is 26.8. The molecule has 1 amide bonds. The number of hydrogen-bond donors (Lipinski definition) is 1. The van der Waals surface area contributed by atoms with Crippen molar-refractivity contribution >= 4 is 5.91 Å². The molecule has 2 fully saturated rings. The van der Waals surface area contributed by atoms with E-state index >= 15 is 0 Å². The van der Waals surface area contributed by atoms with Crippen LogP contribution in [0.3, 0.4) is 0 Å². The van der Waals surface area contributed by atoms with Crippen LogP contribution in [0.2, 0.25) is 0 Å². The zero-order valence-electron chi connectivity index (χ0n) is 15.0. The Morgan fingerprint density at radius 1 is 1.17 bits per heavy atom. The van der Waals surface area contributed by atoms with Crippen LogP contribution >= 0.6 is 0 Å². The van der Waals surface area contributed by atoms with Gasteiger partial charge < -0.3 is 10.1 Å². The summed E-state index contributed by atoms with van der Waals surface area (Å²) in [6.45, 7) is 6.07. The van der Waals surface area contributed by atoms with E-state index in [-0.39, 0.29) is 5.91 Å². The molecule has 24 heavy (non-hydrogen) atoms. The van der Waals surface area contributed by atoms with E-state index in [0.717, 1.165) is 24.2 Å². The van der Waals surface area contributed by atoms with Crippen molar-refractivity contribution < 1.29 is 9.53 Å². The van der Waals surface area contributed by atoms with Gasteiger partial charge in [-0.1, -0.05) is 13.3 Å². The number of nitrogens with zero attached hydrogens (tertiary/aromatic N) is 1. The second-order valence-corrected chi connectivity index (χ2v) is 7.08. The summed E-state index contributed by atoms with van der Waals surface area (Å²) in [4.78, 5) is 15.2. The lowest BCUT2D eigenvalue weighted by molar-refractivity contribution is 0.0245. The number of fused-ring (bicyclic) bond motifs is 2. The molecule has 1 N–H and O–H groups in total. The summed E-state index contributed by atoms with van der Waals surface area (Å²) in [7, 11) is 0. The molecule has 2 aliphatic rings. The van der Waals surface area contributed by atoms with Crippen LogP contribution in [-0.4, -0.2) is 42.1 Å². The average Bonchev–Trinajstić information content (AvgIpc) is 2.56. The van der Waals surface area contributed by atoms with Crippen LogP contribution in [0.4, 0.5) is 0 Å². The Balaban J connectivity index is 1.59. The quantitative estimate of drug-likeness (QED) is 0.866. The number of carbonyl (C=O) groups excluding carboxylic acids is 1. The first kappa shape index (κ1) is 17.3. The molecule has 4 heteroatoms. The predicted octanol–water partition coefficient (Wildman–Crippen LogP) is 3.61. The van der Waals surface area contributed by atoms with Crippen LogP contribution in [0.15, 0.2) is 24.3 Å². The number of hydrogen-bond acceptors (Lipinski definition) is 3. The first-order chi connectivity index (χ1) is 11.7. The number of piperidine rings is 2. The van der Waals surface area contributed by atoms with Crippen molar-refractivity contribution in [3.8, 4) is 5.75 Å².